The molecule has 0 aliphatic rings. The van der Waals surface area contributed by atoms with Crippen LogP contribution in [-0.2, 0) is 4.74 Å². The second kappa shape index (κ2) is 6.79. The minimum atomic E-state index is -0.551. The summed E-state index contributed by atoms with van der Waals surface area (Å²) < 4.78 is 5.73. The zero-order valence-electron chi connectivity index (χ0n) is 10.7. The first kappa shape index (κ1) is 17.0. The van der Waals surface area contributed by atoms with Gasteiger partial charge in [0.1, 0.15) is 24.7 Å². The first-order valence-corrected chi connectivity index (χ1v) is 5.28. The van der Waals surface area contributed by atoms with E-state index >= 15 is 0 Å². The van der Waals surface area contributed by atoms with E-state index in [0.717, 1.165) is 6.07 Å². The molecule has 1 aromatic rings. The van der Waals surface area contributed by atoms with Crippen molar-refractivity contribution in [2.45, 2.75) is 0 Å². The Bertz CT molecular complexity index is 395. The summed E-state index contributed by atoms with van der Waals surface area (Å²) in [7, 11) is 5.98. The van der Waals surface area contributed by atoms with Gasteiger partial charge in [0, 0.05) is 6.07 Å². The fraction of sp³-hybridized carbons (Fsp3) is 0.417. The molecule has 1 rings (SSSR count). The molecule has 0 atom stereocenters. The van der Waals surface area contributed by atoms with Crippen molar-refractivity contribution < 1.29 is 48.2 Å². The molecule has 0 aliphatic carbocycles. The maximum Gasteiger partial charge on any atom is 0.338 e. The van der Waals surface area contributed by atoms with Crippen molar-refractivity contribution in [3.8, 4) is 11.5 Å². The zero-order valence-corrected chi connectivity index (χ0v) is 12.8. The third-order valence-electron chi connectivity index (χ3n) is 2.13. The lowest BCUT2D eigenvalue weighted by atomic mass is 10.2. The predicted octanol–water partition coefficient (Wildman–Crippen LogP) is -2.04. The van der Waals surface area contributed by atoms with Crippen molar-refractivity contribution >= 4 is 5.97 Å². The van der Waals surface area contributed by atoms with Gasteiger partial charge in [-0.15, -0.1) is 0 Å². The number of carbonyl (C=O) groups is 1. The van der Waals surface area contributed by atoms with Crippen molar-refractivity contribution in [1.82, 2.24) is 0 Å². The fourth-order valence-electron chi connectivity index (χ4n) is 1.21. The average molecular weight is 367 g/mol. The van der Waals surface area contributed by atoms with Crippen LogP contribution in [0, 0.1) is 0 Å². The van der Waals surface area contributed by atoms with Crippen LogP contribution in [-0.4, -0.2) is 55.0 Å². The highest BCUT2D eigenvalue weighted by Crippen LogP contribution is 2.20. The molecule has 0 radical (unpaired) electrons. The van der Waals surface area contributed by atoms with Gasteiger partial charge in [-0.3, -0.25) is 0 Å². The highest BCUT2D eigenvalue weighted by atomic mass is 127. The number of hydrogen-bond donors (Lipinski definition) is 2. The number of likely N-dealkylation sites (N-methyl/N-ethyl adjacent to an activating group) is 1. The fourth-order valence-corrected chi connectivity index (χ4v) is 1.21. The molecule has 18 heavy (non-hydrogen) atoms. The highest BCUT2D eigenvalue weighted by Gasteiger charge is 2.12. The van der Waals surface area contributed by atoms with E-state index in [1.165, 1.54) is 12.1 Å². The number of quaternary nitrogens is 1. The number of nitrogens with zero attached hydrogens (tertiary/aromatic N) is 1. The standard InChI is InChI=1S/C12H17NO4.HI/c1-13(2,3)4-5-17-12(16)9-6-10(14)8-11(15)7-9;/h6-8H,4-5H2,1-3H3,(H-,14,15);1H. The van der Waals surface area contributed by atoms with Crippen LogP contribution < -0.4 is 24.0 Å². The lowest BCUT2D eigenvalue weighted by molar-refractivity contribution is -0.870. The smallest absolute Gasteiger partial charge is 0.338 e. The average Bonchev–Trinajstić information content (AvgIpc) is 2.13. The number of halogens is 1. The Morgan fingerprint density at radius 2 is 1.67 bits per heavy atom. The Labute approximate surface area is 124 Å². The van der Waals surface area contributed by atoms with Gasteiger partial charge < -0.3 is 43.4 Å². The number of benzene rings is 1. The molecular formula is C12H18INO4. The Balaban J connectivity index is 0.00000289. The van der Waals surface area contributed by atoms with Crippen LogP contribution in [0.1, 0.15) is 10.4 Å². The van der Waals surface area contributed by atoms with Crippen molar-refractivity contribution in [2.24, 2.45) is 0 Å². The van der Waals surface area contributed by atoms with E-state index in [1.54, 1.807) is 0 Å². The Morgan fingerprint density at radius 3 is 2.11 bits per heavy atom. The maximum atomic E-state index is 11.6. The van der Waals surface area contributed by atoms with E-state index in [2.05, 4.69) is 0 Å². The SMILES string of the molecule is C[N+](C)(C)CCOC(=O)c1cc(O)cc(O)c1.[I-]. The number of hydrogen-bond acceptors (Lipinski definition) is 4. The lowest BCUT2D eigenvalue weighted by Gasteiger charge is -2.23. The molecule has 0 saturated heterocycles. The van der Waals surface area contributed by atoms with Crippen molar-refractivity contribution in [2.75, 3.05) is 34.3 Å². The van der Waals surface area contributed by atoms with E-state index < -0.39 is 5.97 Å². The molecule has 0 aromatic heterocycles. The second-order valence-corrected chi connectivity index (χ2v) is 4.89. The van der Waals surface area contributed by atoms with E-state index in [9.17, 15) is 15.0 Å². The van der Waals surface area contributed by atoms with E-state index in [4.69, 9.17) is 4.74 Å². The summed E-state index contributed by atoms with van der Waals surface area (Å²) >= 11 is 0. The van der Waals surface area contributed by atoms with Crippen LogP contribution in [0.25, 0.3) is 0 Å². The second-order valence-electron chi connectivity index (χ2n) is 4.89. The number of phenols is 2. The number of carbonyl (C=O) groups excluding carboxylic acids is 1. The molecule has 0 amide bonds. The monoisotopic (exact) mass is 367 g/mol. The first-order chi connectivity index (χ1) is 7.78. The minimum Gasteiger partial charge on any atom is -1.00 e. The van der Waals surface area contributed by atoms with Gasteiger partial charge in [0.25, 0.3) is 0 Å². The van der Waals surface area contributed by atoms with E-state index in [-0.39, 0.29) is 41.0 Å². The summed E-state index contributed by atoms with van der Waals surface area (Å²) in [5.74, 6) is -0.878. The van der Waals surface area contributed by atoms with Crippen molar-refractivity contribution in [1.29, 1.82) is 0 Å². The van der Waals surface area contributed by atoms with Crippen LogP contribution in [0.4, 0.5) is 0 Å². The normalized spacial score (nSPS) is 10.6. The molecular weight excluding hydrogens is 349 g/mol. The van der Waals surface area contributed by atoms with Crippen LogP contribution in [0.5, 0.6) is 11.5 Å². The van der Waals surface area contributed by atoms with Gasteiger partial charge in [0.2, 0.25) is 0 Å². The molecule has 0 bridgehead atoms. The summed E-state index contributed by atoms with van der Waals surface area (Å²) in [6.45, 7) is 0.981. The molecule has 0 fully saturated rings. The molecule has 0 spiro atoms. The number of phenolic OH excluding ortho intramolecular Hbond substituents is 2. The molecule has 5 nitrogen and oxygen atoms in total. The molecule has 0 heterocycles. The molecule has 1 aromatic carbocycles. The molecule has 102 valence electrons. The predicted molar refractivity (Wildman–Crippen MR) is 63.0 cm³/mol. The largest absolute Gasteiger partial charge is 1.00 e. The third-order valence-corrected chi connectivity index (χ3v) is 2.13. The third kappa shape index (κ3) is 6.06. The highest BCUT2D eigenvalue weighted by molar-refractivity contribution is 5.90. The van der Waals surface area contributed by atoms with Crippen LogP contribution in [0.3, 0.4) is 0 Å². The molecule has 2 N–H and O–H groups in total. The number of aromatic hydroxyl groups is 2. The Morgan fingerprint density at radius 1 is 1.17 bits per heavy atom. The maximum absolute atomic E-state index is 11.6. The Hall–Kier alpha value is -1.02. The quantitative estimate of drug-likeness (QED) is 0.366. The Kier molecular flexibility index (Phi) is 6.41. The minimum absolute atomic E-state index is 0. The van der Waals surface area contributed by atoms with Gasteiger partial charge in [-0.05, 0) is 12.1 Å². The molecule has 6 heteroatoms. The van der Waals surface area contributed by atoms with Crippen LogP contribution in [0.2, 0.25) is 0 Å². The van der Waals surface area contributed by atoms with Gasteiger partial charge in [-0.1, -0.05) is 0 Å². The van der Waals surface area contributed by atoms with E-state index in [1.807, 2.05) is 21.1 Å². The van der Waals surface area contributed by atoms with Gasteiger partial charge in [0.05, 0.1) is 26.7 Å². The number of rotatable bonds is 4. The topological polar surface area (TPSA) is 66.8 Å². The summed E-state index contributed by atoms with van der Waals surface area (Å²) in [5.41, 5.74) is 0.143. The van der Waals surface area contributed by atoms with Crippen LogP contribution >= 0.6 is 0 Å². The molecule has 0 unspecified atom stereocenters. The summed E-state index contributed by atoms with van der Waals surface area (Å²) in [5, 5.41) is 18.5. The van der Waals surface area contributed by atoms with Crippen molar-refractivity contribution in [3.05, 3.63) is 23.8 Å². The van der Waals surface area contributed by atoms with Gasteiger partial charge in [-0.25, -0.2) is 4.79 Å². The summed E-state index contributed by atoms with van der Waals surface area (Å²) in [4.78, 5) is 11.6. The molecule has 0 saturated carbocycles. The van der Waals surface area contributed by atoms with Gasteiger partial charge in [0.15, 0.2) is 0 Å². The number of esters is 1. The number of ether oxygens (including phenoxy) is 1. The van der Waals surface area contributed by atoms with Crippen molar-refractivity contribution in [3.63, 3.8) is 0 Å². The first-order valence-electron chi connectivity index (χ1n) is 5.28. The van der Waals surface area contributed by atoms with Gasteiger partial charge in [-0.2, -0.15) is 0 Å². The molecule has 0 aliphatic heterocycles. The van der Waals surface area contributed by atoms with Crippen LogP contribution in [0.15, 0.2) is 18.2 Å². The summed E-state index contributed by atoms with van der Waals surface area (Å²) in [6, 6.07) is 3.67. The zero-order chi connectivity index (χ0) is 13.1. The lowest BCUT2D eigenvalue weighted by Crippen LogP contribution is -3.00. The van der Waals surface area contributed by atoms with Gasteiger partial charge >= 0.3 is 5.97 Å². The van der Waals surface area contributed by atoms with E-state index in [0.29, 0.717) is 17.6 Å². The summed E-state index contributed by atoms with van der Waals surface area (Å²) in [6.07, 6.45) is 0.